The Morgan fingerprint density at radius 2 is 0.880 bits per heavy atom. The van der Waals surface area contributed by atoms with Crippen molar-refractivity contribution in [3.8, 4) is 22.9 Å². The van der Waals surface area contributed by atoms with Gasteiger partial charge in [-0.3, -0.25) is 0 Å². The molecule has 25 heavy (non-hydrogen) atoms. The van der Waals surface area contributed by atoms with E-state index in [9.17, 15) is 0 Å². The summed E-state index contributed by atoms with van der Waals surface area (Å²) in [5.41, 5.74) is 7.29. The Kier molecular flexibility index (Phi) is 5.61. The van der Waals surface area contributed by atoms with Gasteiger partial charge in [0.1, 0.15) is 0 Å². The number of hydrogen-bond acceptors (Lipinski definition) is 0. The van der Waals surface area contributed by atoms with E-state index in [0.29, 0.717) is 0 Å². The summed E-state index contributed by atoms with van der Waals surface area (Å²) in [4.78, 5) is 0. The first-order valence-corrected chi connectivity index (χ1v) is 10.8. The monoisotopic (exact) mass is 344 g/mol. The third-order valence-electron chi connectivity index (χ3n) is 3.66. The van der Waals surface area contributed by atoms with E-state index >= 15 is 0 Å². The summed E-state index contributed by atoms with van der Waals surface area (Å²) in [6.45, 7) is 13.0. The molecule has 0 aromatic heterocycles. The van der Waals surface area contributed by atoms with E-state index in [-0.39, 0.29) is 10.8 Å². The fraction of sp³-hybridized carbons (Fsp3) is 0.333. The van der Waals surface area contributed by atoms with Crippen LogP contribution in [0.2, 0.25) is 0 Å². The second-order valence-corrected chi connectivity index (χ2v) is 11.6. The van der Waals surface area contributed by atoms with Gasteiger partial charge in [-0.05, 0) is 51.9 Å². The molecule has 2 rings (SSSR count). The highest BCUT2D eigenvalue weighted by Gasteiger charge is 2.35. The van der Waals surface area contributed by atoms with Crippen LogP contribution < -0.4 is 10.4 Å². The lowest BCUT2D eigenvalue weighted by atomic mass is 9.99. The maximum Gasteiger partial charge on any atom is 0.275 e. The van der Waals surface area contributed by atoms with Crippen molar-refractivity contribution in [1.82, 2.24) is 0 Å². The fourth-order valence-electron chi connectivity index (χ4n) is 2.43. The van der Waals surface area contributed by atoms with Crippen LogP contribution >= 0.6 is 0 Å². The van der Waals surface area contributed by atoms with Crippen molar-refractivity contribution >= 4 is 18.4 Å². The van der Waals surface area contributed by atoms with E-state index in [1.165, 1.54) is 10.4 Å². The minimum absolute atomic E-state index is 0.0504. The molecule has 2 aromatic carbocycles. The number of rotatable bonds is 2. The summed E-state index contributed by atoms with van der Waals surface area (Å²) in [5.74, 6) is 7.01. The zero-order valence-corrected chi connectivity index (χ0v) is 17.3. The molecule has 0 aliphatic rings. The van der Waals surface area contributed by atoms with Gasteiger partial charge < -0.3 is 0 Å². The molecule has 0 aliphatic carbocycles. The van der Waals surface area contributed by atoms with Gasteiger partial charge in [-0.1, -0.05) is 60.7 Å². The number of hydrogen-bond donors (Lipinski definition) is 0. The Labute approximate surface area is 154 Å². The van der Waals surface area contributed by atoms with Gasteiger partial charge in [-0.25, -0.2) is 0 Å². The maximum absolute atomic E-state index is 3.69. The van der Waals surface area contributed by atoms with Gasteiger partial charge in [0.05, 0.1) is 0 Å². The van der Waals surface area contributed by atoms with Crippen molar-refractivity contribution in [3.05, 3.63) is 60.7 Å². The molecule has 0 radical (unpaired) electrons. The highest BCUT2D eigenvalue weighted by Crippen LogP contribution is 2.14. The van der Waals surface area contributed by atoms with Crippen LogP contribution in [0, 0.1) is 33.8 Å². The highest BCUT2D eigenvalue weighted by atomic mass is 28.3. The predicted molar refractivity (Wildman–Crippen MR) is 112 cm³/mol. The molecule has 0 amide bonds. The molecule has 0 fully saturated rings. The van der Waals surface area contributed by atoms with Gasteiger partial charge in [0.15, 0.2) is 0 Å². The molecule has 1 heteroatoms. The summed E-state index contributed by atoms with van der Waals surface area (Å²) >= 11 is 0. The van der Waals surface area contributed by atoms with Crippen molar-refractivity contribution in [1.29, 1.82) is 0 Å². The van der Waals surface area contributed by atoms with E-state index in [1.54, 1.807) is 0 Å². The average Bonchev–Trinajstić information content (AvgIpc) is 2.55. The molecule has 2 aromatic rings. The zero-order chi connectivity index (χ0) is 18.6. The minimum Gasteiger partial charge on any atom is -0.104 e. The van der Waals surface area contributed by atoms with Crippen molar-refractivity contribution in [3.63, 3.8) is 0 Å². The molecule has 0 unspecified atom stereocenters. The average molecular weight is 345 g/mol. The van der Waals surface area contributed by atoms with Crippen LogP contribution in [0.4, 0.5) is 0 Å². The Morgan fingerprint density at radius 1 is 0.560 bits per heavy atom. The quantitative estimate of drug-likeness (QED) is 0.558. The van der Waals surface area contributed by atoms with Gasteiger partial charge in [-0.15, -0.1) is 22.9 Å². The van der Waals surface area contributed by atoms with Crippen LogP contribution in [0.3, 0.4) is 0 Å². The second-order valence-electron chi connectivity index (χ2n) is 8.48. The van der Waals surface area contributed by atoms with Crippen LogP contribution in [0.25, 0.3) is 0 Å². The lowest BCUT2D eigenvalue weighted by molar-refractivity contribution is 0.571. The highest BCUT2D eigenvalue weighted by molar-refractivity contribution is 7.13. The lowest BCUT2D eigenvalue weighted by Crippen LogP contribution is -2.57. The molecular weight excluding hydrogens is 316 g/mol. The van der Waals surface area contributed by atoms with Crippen LogP contribution in [0.1, 0.15) is 41.5 Å². The van der Waals surface area contributed by atoms with Crippen LogP contribution in [-0.2, 0) is 0 Å². The van der Waals surface area contributed by atoms with E-state index < -0.39 is 8.07 Å². The predicted octanol–water partition coefficient (Wildman–Crippen LogP) is 4.43. The fourth-order valence-corrected chi connectivity index (χ4v) is 5.91. The topological polar surface area (TPSA) is 0 Å². The third-order valence-corrected chi connectivity index (χ3v) is 7.06. The van der Waals surface area contributed by atoms with Crippen LogP contribution in [0.5, 0.6) is 0 Å². The SMILES string of the molecule is CC(C)(C)C#C[Si](C#CC(C)(C)C)(c1ccccc1)c1ccccc1. The summed E-state index contributed by atoms with van der Waals surface area (Å²) in [7, 11) is -2.49. The first kappa shape index (κ1) is 19.1. The third kappa shape index (κ3) is 5.38. The summed E-state index contributed by atoms with van der Waals surface area (Å²) < 4.78 is 0. The van der Waals surface area contributed by atoms with Crippen molar-refractivity contribution in [2.24, 2.45) is 10.8 Å². The Hall–Kier alpha value is -2.22. The van der Waals surface area contributed by atoms with E-state index in [2.05, 4.69) is 125 Å². The first-order valence-electron chi connectivity index (χ1n) is 8.82. The molecule has 0 nitrogen and oxygen atoms in total. The molecule has 0 aliphatic heterocycles. The maximum atomic E-state index is 3.69. The molecule has 0 heterocycles. The largest absolute Gasteiger partial charge is 0.275 e. The van der Waals surface area contributed by atoms with Gasteiger partial charge in [-0.2, -0.15) is 0 Å². The first-order chi connectivity index (χ1) is 11.6. The Bertz CT molecular complexity index is 737. The lowest BCUT2D eigenvalue weighted by Gasteiger charge is -2.23. The van der Waals surface area contributed by atoms with E-state index in [0.717, 1.165) is 0 Å². The van der Waals surface area contributed by atoms with Gasteiger partial charge in [0, 0.05) is 10.8 Å². The molecule has 0 spiro atoms. The van der Waals surface area contributed by atoms with E-state index in [1.807, 2.05) is 0 Å². The smallest absolute Gasteiger partial charge is 0.104 e. The van der Waals surface area contributed by atoms with Crippen molar-refractivity contribution in [2.45, 2.75) is 41.5 Å². The molecule has 0 N–H and O–H groups in total. The van der Waals surface area contributed by atoms with E-state index in [4.69, 9.17) is 0 Å². The van der Waals surface area contributed by atoms with Crippen LogP contribution in [-0.4, -0.2) is 8.07 Å². The molecule has 0 bridgehead atoms. The number of benzene rings is 2. The van der Waals surface area contributed by atoms with Crippen molar-refractivity contribution < 1.29 is 0 Å². The van der Waals surface area contributed by atoms with Gasteiger partial charge in [0.2, 0.25) is 0 Å². The minimum atomic E-state index is -2.49. The Balaban J connectivity index is 2.82. The molecule has 0 saturated carbocycles. The normalized spacial score (nSPS) is 11.8. The second kappa shape index (κ2) is 7.34. The van der Waals surface area contributed by atoms with Crippen molar-refractivity contribution in [2.75, 3.05) is 0 Å². The Morgan fingerprint density at radius 3 is 1.16 bits per heavy atom. The van der Waals surface area contributed by atoms with Gasteiger partial charge >= 0.3 is 0 Å². The summed E-state index contributed by atoms with van der Waals surface area (Å²) in [6.07, 6.45) is 0. The standard InChI is InChI=1S/C24H28Si/c1-23(2,3)17-19-25(20-18-24(4,5)6,21-13-9-7-10-14-21)22-15-11-8-12-16-22/h7-16H,1-6H3. The van der Waals surface area contributed by atoms with Gasteiger partial charge in [0.25, 0.3) is 8.07 Å². The molecular formula is C24H28Si. The summed E-state index contributed by atoms with van der Waals surface area (Å²) in [6, 6.07) is 21.2. The van der Waals surface area contributed by atoms with Crippen LogP contribution in [0.15, 0.2) is 60.7 Å². The molecule has 128 valence electrons. The molecule has 0 atom stereocenters. The summed E-state index contributed by atoms with van der Waals surface area (Å²) in [5, 5.41) is 2.52. The molecule has 0 saturated heterocycles. The zero-order valence-electron chi connectivity index (χ0n) is 16.3.